The van der Waals surface area contributed by atoms with Crippen LogP contribution in [0.15, 0.2) is 18.2 Å². The van der Waals surface area contributed by atoms with Crippen LogP contribution in [0.1, 0.15) is 38.8 Å². The van der Waals surface area contributed by atoms with E-state index in [-0.39, 0.29) is 17.5 Å². The number of nitrogens with zero attached hydrogens (tertiary/aromatic N) is 1. The molecule has 0 fully saturated rings. The van der Waals surface area contributed by atoms with Crippen LogP contribution in [-0.4, -0.2) is 11.6 Å². The van der Waals surface area contributed by atoms with Gasteiger partial charge in [0.1, 0.15) is 17.5 Å². The molecule has 0 amide bonds. The standard InChI is InChI=1S/C15H18FNO2/c1-10(14(18)19-15(2,3)4)7-11-5-6-12(9-17)13(16)8-11/h5-6,8,10H,7H2,1-4H3. The zero-order valence-corrected chi connectivity index (χ0v) is 11.7. The normalized spacial score (nSPS) is 12.6. The second kappa shape index (κ2) is 5.83. The van der Waals surface area contributed by atoms with Gasteiger partial charge in [0.15, 0.2) is 0 Å². The maximum Gasteiger partial charge on any atom is 0.309 e. The van der Waals surface area contributed by atoms with Crippen LogP contribution in [-0.2, 0) is 16.0 Å². The topological polar surface area (TPSA) is 50.1 Å². The van der Waals surface area contributed by atoms with Gasteiger partial charge in [-0.15, -0.1) is 0 Å². The molecule has 1 aromatic rings. The Morgan fingerprint density at radius 1 is 1.47 bits per heavy atom. The minimum atomic E-state index is -0.559. The highest BCUT2D eigenvalue weighted by Crippen LogP contribution is 2.17. The van der Waals surface area contributed by atoms with Gasteiger partial charge in [-0.3, -0.25) is 4.79 Å². The molecule has 1 atom stereocenters. The van der Waals surface area contributed by atoms with Crippen LogP contribution in [0.4, 0.5) is 4.39 Å². The number of benzene rings is 1. The number of carbonyl (C=O) groups excluding carboxylic acids is 1. The fourth-order valence-electron chi connectivity index (χ4n) is 1.62. The van der Waals surface area contributed by atoms with Gasteiger partial charge in [0.05, 0.1) is 11.5 Å². The molecular weight excluding hydrogens is 245 g/mol. The highest BCUT2D eigenvalue weighted by molar-refractivity contribution is 5.72. The summed E-state index contributed by atoms with van der Waals surface area (Å²) >= 11 is 0. The number of hydrogen-bond donors (Lipinski definition) is 0. The number of esters is 1. The van der Waals surface area contributed by atoms with Crippen molar-refractivity contribution >= 4 is 5.97 Å². The van der Waals surface area contributed by atoms with Crippen molar-refractivity contribution in [2.24, 2.45) is 5.92 Å². The summed E-state index contributed by atoms with van der Waals surface area (Å²) in [6.07, 6.45) is 0.386. The Labute approximate surface area is 113 Å². The fourth-order valence-corrected chi connectivity index (χ4v) is 1.62. The van der Waals surface area contributed by atoms with Gasteiger partial charge in [0.2, 0.25) is 0 Å². The van der Waals surface area contributed by atoms with Crippen molar-refractivity contribution in [1.82, 2.24) is 0 Å². The van der Waals surface area contributed by atoms with E-state index in [0.717, 1.165) is 0 Å². The van der Waals surface area contributed by atoms with E-state index < -0.39 is 11.4 Å². The van der Waals surface area contributed by atoms with Crippen LogP contribution < -0.4 is 0 Å². The molecule has 3 nitrogen and oxygen atoms in total. The highest BCUT2D eigenvalue weighted by Gasteiger charge is 2.22. The zero-order chi connectivity index (χ0) is 14.6. The molecule has 1 unspecified atom stereocenters. The number of halogens is 1. The molecule has 0 radical (unpaired) electrons. The predicted octanol–water partition coefficient (Wildman–Crippen LogP) is 3.22. The number of nitriles is 1. The van der Waals surface area contributed by atoms with Gasteiger partial charge in [-0.1, -0.05) is 13.0 Å². The van der Waals surface area contributed by atoms with Gasteiger partial charge < -0.3 is 4.74 Å². The molecule has 0 aliphatic heterocycles. The lowest BCUT2D eigenvalue weighted by Gasteiger charge is -2.22. The molecule has 0 spiro atoms. The molecule has 0 N–H and O–H groups in total. The van der Waals surface area contributed by atoms with Gasteiger partial charge in [-0.2, -0.15) is 5.26 Å². The first-order valence-electron chi connectivity index (χ1n) is 6.14. The lowest BCUT2D eigenvalue weighted by Crippen LogP contribution is -2.28. The van der Waals surface area contributed by atoms with Gasteiger partial charge in [-0.05, 0) is 44.9 Å². The average molecular weight is 263 g/mol. The average Bonchev–Trinajstić information content (AvgIpc) is 2.27. The highest BCUT2D eigenvalue weighted by atomic mass is 19.1. The van der Waals surface area contributed by atoms with Crippen molar-refractivity contribution in [1.29, 1.82) is 5.26 Å². The second-order valence-electron chi connectivity index (χ2n) is 5.56. The molecule has 102 valence electrons. The van der Waals surface area contributed by atoms with Crippen molar-refractivity contribution in [3.63, 3.8) is 0 Å². The maximum absolute atomic E-state index is 13.4. The third-order valence-corrected chi connectivity index (χ3v) is 2.50. The minimum Gasteiger partial charge on any atom is -0.460 e. The predicted molar refractivity (Wildman–Crippen MR) is 69.8 cm³/mol. The summed E-state index contributed by atoms with van der Waals surface area (Å²) < 4.78 is 18.7. The summed E-state index contributed by atoms with van der Waals surface area (Å²) in [4.78, 5) is 11.8. The van der Waals surface area contributed by atoms with Crippen LogP contribution in [0.3, 0.4) is 0 Å². The smallest absolute Gasteiger partial charge is 0.309 e. The summed E-state index contributed by atoms with van der Waals surface area (Å²) in [7, 11) is 0. The second-order valence-corrected chi connectivity index (χ2v) is 5.56. The molecule has 19 heavy (non-hydrogen) atoms. The first kappa shape index (κ1) is 15.2. The first-order chi connectivity index (χ1) is 8.73. The Bertz CT molecular complexity index is 512. The van der Waals surface area contributed by atoms with Crippen LogP contribution in [0, 0.1) is 23.1 Å². The van der Waals surface area contributed by atoms with E-state index in [2.05, 4.69) is 0 Å². The third-order valence-electron chi connectivity index (χ3n) is 2.50. The zero-order valence-electron chi connectivity index (χ0n) is 11.7. The number of carbonyl (C=O) groups is 1. The molecule has 0 saturated carbocycles. The summed E-state index contributed by atoms with van der Waals surface area (Å²) in [6.45, 7) is 7.15. The van der Waals surface area contributed by atoms with Crippen LogP contribution in [0.25, 0.3) is 0 Å². The molecule has 0 aliphatic rings. The summed E-state index contributed by atoms with van der Waals surface area (Å²) in [5.74, 6) is -1.22. The first-order valence-corrected chi connectivity index (χ1v) is 6.14. The Hall–Kier alpha value is -1.89. The Balaban J connectivity index is 2.72. The van der Waals surface area contributed by atoms with Crippen LogP contribution >= 0.6 is 0 Å². The molecule has 4 heteroatoms. The van der Waals surface area contributed by atoms with Crippen molar-refractivity contribution in [3.8, 4) is 6.07 Å². The monoisotopic (exact) mass is 263 g/mol. The molecule has 1 rings (SSSR count). The summed E-state index contributed by atoms with van der Waals surface area (Å²) in [5, 5.41) is 8.64. The van der Waals surface area contributed by atoms with Gasteiger partial charge >= 0.3 is 5.97 Å². The number of hydrogen-bond acceptors (Lipinski definition) is 3. The number of ether oxygens (including phenoxy) is 1. The lowest BCUT2D eigenvalue weighted by molar-refractivity contribution is -0.159. The van der Waals surface area contributed by atoms with Crippen molar-refractivity contribution in [3.05, 3.63) is 35.1 Å². The molecule has 1 aromatic carbocycles. The SMILES string of the molecule is CC(Cc1ccc(C#N)c(F)c1)C(=O)OC(C)(C)C. The lowest BCUT2D eigenvalue weighted by atomic mass is 9.99. The largest absolute Gasteiger partial charge is 0.460 e. The minimum absolute atomic E-state index is 0.00803. The molecule has 0 heterocycles. The van der Waals surface area contributed by atoms with Gasteiger partial charge in [0.25, 0.3) is 0 Å². The molecule has 0 bridgehead atoms. The van der Waals surface area contributed by atoms with Gasteiger partial charge in [-0.25, -0.2) is 4.39 Å². The molecule has 0 aromatic heterocycles. The van der Waals surface area contributed by atoms with Crippen LogP contribution in [0.5, 0.6) is 0 Å². The van der Waals surface area contributed by atoms with E-state index in [4.69, 9.17) is 10.00 Å². The van der Waals surface area contributed by atoms with E-state index in [1.165, 1.54) is 12.1 Å². The van der Waals surface area contributed by atoms with E-state index in [0.29, 0.717) is 12.0 Å². The molecule has 0 saturated heterocycles. The van der Waals surface area contributed by atoms with E-state index >= 15 is 0 Å². The van der Waals surface area contributed by atoms with Crippen molar-refractivity contribution < 1.29 is 13.9 Å². The number of rotatable bonds is 3. The van der Waals surface area contributed by atoms with E-state index in [1.54, 1.807) is 39.8 Å². The Morgan fingerprint density at radius 2 is 2.11 bits per heavy atom. The fraction of sp³-hybridized carbons (Fsp3) is 0.467. The summed E-state index contributed by atoms with van der Waals surface area (Å²) in [5.41, 5.74) is 0.157. The van der Waals surface area contributed by atoms with E-state index in [9.17, 15) is 9.18 Å². The molecular formula is C15H18FNO2. The molecule has 0 aliphatic carbocycles. The third kappa shape index (κ3) is 4.70. The van der Waals surface area contributed by atoms with Crippen molar-refractivity contribution in [2.75, 3.05) is 0 Å². The van der Waals surface area contributed by atoms with Crippen LogP contribution in [0.2, 0.25) is 0 Å². The summed E-state index contributed by atoms with van der Waals surface area (Å²) in [6, 6.07) is 6.13. The maximum atomic E-state index is 13.4. The van der Waals surface area contributed by atoms with Gasteiger partial charge in [0, 0.05) is 0 Å². The van der Waals surface area contributed by atoms with E-state index in [1.807, 2.05) is 0 Å². The Morgan fingerprint density at radius 3 is 2.58 bits per heavy atom. The quantitative estimate of drug-likeness (QED) is 0.787. The Kier molecular flexibility index (Phi) is 4.66. The van der Waals surface area contributed by atoms with Crippen molar-refractivity contribution in [2.45, 2.75) is 39.7 Å².